The van der Waals surface area contributed by atoms with Crippen LogP contribution in [-0.2, 0) is 0 Å². The van der Waals surface area contributed by atoms with Crippen LogP contribution in [-0.4, -0.2) is 18.3 Å². The zero-order valence-electron chi connectivity index (χ0n) is 12.2. The summed E-state index contributed by atoms with van der Waals surface area (Å²) in [5, 5.41) is 3.60. The fourth-order valence-electron chi connectivity index (χ4n) is 1.82. The highest BCUT2D eigenvalue weighted by Gasteiger charge is 2.06. The number of hydrogen-bond donors (Lipinski definition) is 1. The second-order valence-corrected chi connectivity index (χ2v) is 6.19. The van der Waals surface area contributed by atoms with Gasteiger partial charge < -0.3 is 5.32 Å². The number of thioether (sulfide) groups is 1. The fraction of sp³-hybridized carbons (Fsp3) is 0.625. The summed E-state index contributed by atoms with van der Waals surface area (Å²) in [6, 6.07) is 9.67. The van der Waals surface area contributed by atoms with E-state index >= 15 is 0 Å². The van der Waals surface area contributed by atoms with E-state index in [4.69, 9.17) is 0 Å². The van der Waals surface area contributed by atoms with E-state index in [0.29, 0.717) is 12.0 Å². The van der Waals surface area contributed by atoms with Crippen molar-refractivity contribution in [2.75, 3.05) is 12.3 Å². The largest absolute Gasteiger partial charge is 0.313 e. The molecule has 1 N–H and O–H groups in total. The van der Waals surface area contributed by atoms with Crippen molar-refractivity contribution in [3.8, 4) is 0 Å². The van der Waals surface area contributed by atoms with E-state index in [1.807, 2.05) is 11.8 Å². The summed E-state index contributed by atoms with van der Waals surface area (Å²) in [4.78, 5) is 1.39. The van der Waals surface area contributed by atoms with Crippen molar-refractivity contribution >= 4 is 11.8 Å². The Morgan fingerprint density at radius 3 is 2.28 bits per heavy atom. The molecule has 1 aromatic carbocycles. The van der Waals surface area contributed by atoms with Crippen molar-refractivity contribution in [1.29, 1.82) is 0 Å². The Morgan fingerprint density at radius 2 is 1.78 bits per heavy atom. The molecule has 0 aliphatic carbocycles. The number of hydrogen-bond acceptors (Lipinski definition) is 2. The lowest BCUT2D eigenvalue weighted by molar-refractivity contribution is 0.539. The van der Waals surface area contributed by atoms with Crippen LogP contribution >= 0.6 is 11.8 Å². The molecule has 102 valence electrons. The van der Waals surface area contributed by atoms with Gasteiger partial charge in [-0.25, -0.2) is 0 Å². The highest BCUT2D eigenvalue weighted by atomic mass is 32.2. The van der Waals surface area contributed by atoms with Gasteiger partial charge in [0.2, 0.25) is 0 Å². The Balaban J connectivity index is 2.42. The summed E-state index contributed by atoms with van der Waals surface area (Å²) >= 11 is 1.96. The van der Waals surface area contributed by atoms with E-state index in [2.05, 4.69) is 57.3 Å². The summed E-state index contributed by atoms with van der Waals surface area (Å²) < 4.78 is 0. The normalized spacial score (nSPS) is 12.9. The van der Waals surface area contributed by atoms with Crippen LogP contribution in [0.5, 0.6) is 0 Å². The zero-order chi connectivity index (χ0) is 13.4. The maximum Gasteiger partial charge on any atom is 0.0159 e. The van der Waals surface area contributed by atoms with Crippen molar-refractivity contribution in [3.63, 3.8) is 0 Å². The van der Waals surface area contributed by atoms with Gasteiger partial charge in [-0.05, 0) is 43.0 Å². The third kappa shape index (κ3) is 5.45. The van der Waals surface area contributed by atoms with Crippen molar-refractivity contribution in [1.82, 2.24) is 5.32 Å². The minimum atomic E-state index is 0.624. The van der Waals surface area contributed by atoms with Crippen LogP contribution in [0.4, 0.5) is 0 Å². The molecule has 0 saturated carbocycles. The van der Waals surface area contributed by atoms with Gasteiger partial charge in [0.15, 0.2) is 0 Å². The molecule has 1 unspecified atom stereocenters. The highest BCUT2D eigenvalue weighted by molar-refractivity contribution is 7.99. The molecule has 1 aromatic rings. The predicted octanol–water partition coefficient (Wildman–Crippen LogP) is 4.68. The van der Waals surface area contributed by atoms with Crippen molar-refractivity contribution in [3.05, 3.63) is 29.8 Å². The molecule has 1 atom stereocenters. The Kier molecular flexibility index (Phi) is 7.45. The first kappa shape index (κ1) is 15.6. The summed E-state index contributed by atoms with van der Waals surface area (Å²) in [6.45, 7) is 10.1. The van der Waals surface area contributed by atoms with Crippen LogP contribution < -0.4 is 5.32 Å². The smallest absolute Gasteiger partial charge is 0.0159 e. The van der Waals surface area contributed by atoms with Crippen molar-refractivity contribution < 1.29 is 0 Å². The summed E-state index contributed by atoms with van der Waals surface area (Å²) in [5.41, 5.74) is 1.43. The van der Waals surface area contributed by atoms with Crippen LogP contribution in [0.3, 0.4) is 0 Å². The molecule has 0 aliphatic rings. The van der Waals surface area contributed by atoms with Crippen LogP contribution in [0, 0.1) is 0 Å². The standard InChI is InChI=1S/C16H27NS/c1-5-11-17-15(6-2)12-18-16-9-7-14(8-10-16)13(3)4/h7-10,13,15,17H,5-6,11-12H2,1-4H3. The lowest BCUT2D eigenvalue weighted by Crippen LogP contribution is -2.31. The van der Waals surface area contributed by atoms with Crippen molar-refractivity contribution in [2.24, 2.45) is 0 Å². The summed E-state index contributed by atoms with van der Waals surface area (Å²) in [7, 11) is 0. The van der Waals surface area contributed by atoms with Gasteiger partial charge >= 0.3 is 0 Å². The zero-order valence-corrected chi connectivity index (χ0v) is 13.0. The van der Waals surface area contributed by atoms with Gasteiger partial charge in [0.1, 0.15) is 0 Å². The average Bonchev–Trinajstić information content (AvgIpc) is 2.39. The number of rotatable bonds is 8. The van der Waals surface area contributed by atoms with Gasteiger partial charge in [-0.15, -0.1) is 11.8 Å². The van der Waals surface area contributed by atoms with E-state index in [1.54, 1.807) is 0 Å². The Morgan fingerprint density at radius 1 is 1.11 bits per heavy atom. The molecule has 0 aromatic heterocycles. The van der Waals surface area contributed by atoms with Gasteiger partial charge in [0.25, 0.3) is 0 Å². The number of nitrogens with one attached hydrogen (secondary N) is 1. The molecule has 0 spiro atoms. The van der Waals surface area contributed by atoms with Crippen LogP contribution in [0.25, 0.3) is 0 Å². The molecular weight excluding hydrogens is 238 g/mol. The Labute approximate surface area is 117 Å². The fourth-order valence-corrected chi connectivity index (χ4v) is 2.89. The van der Waals surface area contributed by atoms with E-state index < -0.39 is 0 Å². The van der Waals surface area contributed by atoms with E-state index in [9.17, 15) is 0 Å². The molecule has 0 aliphatic heterocycles. The van der Waals surface area contributed by atoms with Crippen LogP contribution in [0.1, 0.15) is 52.0 Å². The lowest BCUT2D eigenvalue weighted by atomic mass is 10.0. The van der Waals surface area contributed by atoms with Gasteiger partial charge in [0, 0.05) is 16.7 Å². The Bertz CT molecular complexity index is 318. The summed E-state index contributed by atoms with van der Waals surface area (Å²) in [6.07, 6.45) is 2.42. The quantitative estimate of drug-likeness (QED) is 0.685. The maximum atomic E-state index is 3.60. The molecule has 0 radical (unpaired) electrons. The molecule has 1 nitrogen and oxygen atoms in total. The lowest BCUT2D eigenvalue weighted by Gasteiger charge is -2.16. The highest BCUT2D eigenvalue weighted by Crippen LogP contribution is 2.22. The molecule has 1 rings (SSSR count). The van der Waals surface area contributed by atoms with Crippen molar-refractivity contribution in [2.45, 2.75) is 57.4 Å². The topological polar surface area (TPSA) is 12.0 Å². The van der Waals surface area contributed by atoms with Gasteiger partial charge in [0.05, 0.1) is 0 Å². The SMILES string of the molecule is CCCNC(CC)CSc1ccc(C(C)C)cc1. The first-order chi connectivity index (χ1) is 8.67. The molecule has 0 bridgehead atoms. The monoisotopic (exact) mass is 265 g/mol. The van der Waals surface area contributed by atoms with Gasteiger partial charge in [-0.2, -0.15) is 0 Å². The minimum Gasteiger partial charge on any atom is -0.313 e. The molecular formula is C16H27NS. The van der Waals surface area contributed by atoms with Gasteiger partial charge in [-0.1, -0.05) is 39.8 Å². The average molecular weight is 265 g/mol. The van der Waals surface area contributed by atoms with E-state index in [-0.39, 0.29) is 0 Å². The molecule has 0 fully saturated rings. The maximum absolute atomic E-state index is 3.60. The van der Waals surface area contributed by atoms with E-state index in [0.717, 1.165) is 12.3 Å². The molecule has 2 heteroatoms. The Hall–Kier alpha value is -0.470. The first-order valence-corrected chi connectivity index (χ1v) is 8.12. The van der Waals surface area contributed by atoms with Gasteiger partial charge in [-0.3, -0.25) is 0 Å². The number of benzene rings is 1. The molecule has 0 heterocycles. The van der Waals surface area contributed by atoms with Crippen LogP contribution in [0.15, 0.2) is 29.2 Å². The second-order valence-electron chi connectivity index (χ2n) is 5.09. The third-order valence-corrected chi connectivity index (χ3v) is 4.35. The van der Waals surface area contributed by atoms with E-state index in [1.165, 1.54) is 23.3 Å². The second kappa shape index (κ2) is 8.60. The first-order valence-electron chi connectivity index (χ1n) is 7.13. The summed E-state index contributed by atoms with van der Waals surface area (Å²) in [5.74, 6) is 1.79. The molecule has 18 heavy (non-hydrogen) atoms. The predicted molar refractivity (Wildman–Crippen MR) is 83.6 cm³/mol. The molecule has 0 amide bonds. The molecule has 0 saturated heterocycles. The third-order valence-electron chi connectivity index (χ3n) is 3.17. The van der Waals surface area contributed by atoms with Crippen LogP contribution in [0.2, 0.25) is 0 Å². The minimum absolute atomic E-state index is 0.624.